The molecular weight excluding hydrogens is 428 g/mol. The number of thiazole rings is 1. The Kier molecular flexibility index (Phi) is 6.32. The van der Waals surface area contributed by atoms with Crippen LogP contribution in [0.15, 0.2) is 46.9 Å². The van der Waals surface area contributed by atoms with Gasteiger partial charge in [0.05, 0.1) is 26.9 Å². The van der Waals surface area contributed by atoms with Crippen LogP contribution >= 0.6 is 34.7 Å². The van der Waals surface area contributed by atoms with Gasteiger partial charge in [0.2, 0.25) is 11.8 Å². The van der Waals surface area contributed by atoms with Crippen molar-refractivity contribution in [2.24, 2.45) is 5.92 Å². The van der Waals surface area contributed by atoms with Crippen LogP contribution in [0, 0.1) is 5.92 Å². The van der Waals surface area contributed by atoms with E-state index in [1.807, 2.05) is 24.3 Å². The molecule has 1 aliphatic heterocycles. The van der Waals surface area contributed by atoms with Crippen LogP contribution in [-0.4, -0.2) is 45.5 Å². The molecule has 1 atom stereocenters. The Morgan fingerprint density at radius 1 is 1.28 bits per heavy atom. The number of amides is 2. The number of hydrogen-bond donors (Lipinski definition) is 1. The van der Waals surface area contributed by atoms with Gasteiger partial charge in [-0.2, -0.15) is 0 Å². The van der Waals surface area contributed by atoms with E-state index in [1.165, 1.54) is 18.0 Å². The van der Waals surface area contributed by atoms with E-state index < -0.39 is 0 Å². The molecule has 1 N–H and O–H groups in total. The standard InChI is InChI=1S/C20H19ClN4O2S2/c21-14-7-8-17(22-10-14)24-19(27)13-4-3-9-25(11-13)18(26)12-28-20-23-15-5-1-2-6-16(15)29-20/h1-2,5-8,10,13H,3-4,9,11-12H2,(H,22,24,27). The number of carbonyl (C=O) groups is 2. The summed E-state index contributed by atoms with van der Waals surface area (Å²) < 4.78 is 2.01. The number of carbonyl (C=O) groups excluding carboxylic acids is 2. The van der Waals surface area contributed by atoms with Crippen molar-refractivity contribution in [2.45, 2.75) is 17.2 Å². The summed E-state index contributed by atoms with van der Waals surface area (Å²) in [5, 5.41) is 3.33. The molecule has 3 aromatic rings. The minimum Gasteiger partial charge on any atom is -0.341 e. The van der Waals surface area contributed by atoms with Crippen LogP contribution in [0.4, 0.5) is 5.82 Å². The minimum atomic E-state index is -0.238. The van der Waals surface area contributed by atoms with Crippen molar-refractivity contribution in [2.75, 3.05) is 24.2 Å². The van der Waals surface area contributed by atoms with Gasteiger partial charge in [-0.25, -0.2) is 9.97 Å². The van der Waals surface area contributed by atoms with Crippen molar-refractivity contribution in [3.8, 4) is 0 Å². The summed E-state index contributed by atoms with van der Waals surface area (Å²) in [6.07, 6.45) is 3.06. The van der Waals surface area contributed by atoms with Crippen molar-refractivity contribution in [1.82, 2.24) is 14.9 Å². The maximum Gasteiger partial charge on any atom is 0.233 e. The number of anilines is 1. The molecule has 6 nitrogen and oxygen atoms in total. The van der Waals surface area contributed by atoms with E-state index in [4.69, 9.17) is 11.6 Å². The van der Waals surface area contributed by atoms with Gasteiger partial charge in [0.1, 0.15) is 5.82 Å². The molecule has 3 heterocycles. The average molecular weight is 447 g/mol. The number of halogens is 1. The first-order valence-corrected chi connectivity index (χ1v) is 11.4. The predicted octanol–water partition coefficient (Wildman–Crippen LogP) is 4.31. The molecule has 0 aliphatic carbocycles. The minimum absolute atomic E-state index is 0.0383. The third-order valence-electron chi connectivity index (χ3n) is 4.72. The van der Waals surface area contributed by atoms with Gasteiger partial charge in [-0.1, -0.05) is 35.5 Å². The van der Waals surface area contributed by atoms with Crippen LogP contribution in [0.2, 0.25) is 5.02 Å². The first-order valence-electron chi connectivity index (χ1n) is 9.27. The topological polar surface area (TPSA) is 75.2 Å². The molecule has 1 saturated heterocycles. The molecule has 9 heteroatoms. The summed E-state index contributed by atoms with van der Waals surface area (Å²) >= 11 is 8.87. The fraction of sp³-hybridized carbons (Fsp3) is 0.300. The number of piperidine rings is 1. The molecule has 1 fully saturated rings. The lowest BCUT2D eigenvalue weighted by Crippen LogP contribution is -2.44. The summed E-state index contributed by atoms with van der Waals surface area (Å²) in [5.41, 5.74) is 0.956. The zero-order valence-corrected chi connectivity index (χ0v) is 17.9. The molecule has 1 unspecified atom stereocenters. The smallest absolute Gasteiger partial charge is 0.233 e. The molecular formula is C20H19ClN4O2S2. The highest BCUT2D eigenvalue weighted by Crippen LogP contribution is 2.30. The van der Waals surface area contributed by atoms with Gasteiger partial charge in [-0.3, -0.25) is 9.59 Å². The number of para-hydroxylation sites is 1. The summed E-state index contributed by atoms with van der Waals surface area (Å²) in [5.74, 6) is 0.479. The second-order valence-corrected chi connectivity index (χ2v) is 9.46. The second kappa shape index (κ2) is 9.11. The number of pyridine rings is 1. The molecule has 2 aromatic heterocycles. The van der Waals surface area contributed by atoms with Crippen LogP contribution in [0.3, 0.4) is 0 Å². The second-order valence-electron chi connectivity index (χ2n) is 6.77. The number of likely N-dealkylation sites (tertiary alicyclic amines) is 1. The van der Waals surface area contributed by atoms with Crippen LogP contribution in [0.5, 0.6) is 0 Å². The fourth-order valence-corrected chi connectivity index (χ4v) is 5.31. The number of fused-ring (bicyclic) bond motifs is 1. The van der Waals surface area contributed by atoms with Crippen molar-refractivity contribution in [3.63, 3.8) is 0 Å². The summed E-state index contributed by atoms with van der Waals surface area (Å²) in [4.78, 5) is 35.7. The predicted molar refractivity (Wildman–Crippen MR) is 118 cm³/mol. The van der Waals surface area contributed by atoms with Crippen LogP contribution < -0.4 is 5.32 Å². The van der Waals surface area contributed by atoms with Crippen molar-refractivity contribution >= 4 is 62.5 Å². The van der Waals surface area contributed by atoms with Crippen LogP contribution in [-0.2, 0) is 9.59 Å². The fourth-order valence-electron chi connectivity index (χ4n) is 3.22. The molecule has 1 aromatic carbocycles. The zero-order valence-electron chi connectivity index (χ0n) is 15.5. The normalized spacial score (nSPS) is 16.7. The number of benzene rings is 1. The highest BCUT2D eigenvalue weighted by molar-refractivity contribution is 8.01. The Morgan fingerprint density at radius 2 is 2.14 bits per heavy atom. The number of nitrogens with zero attached hydrogens (tertiary/aromatic N) is 3. The number of aromatic nitrogens is 2. The molecule has 0 spiro atoms. The van der Waals surface area contributed by atoms with Gasteiger partial charge in [0.25, 0.3) is 0 Å². The Morgan fingerprint density at radius 3 is 2.93 bits per heavy atom. The van der Waals surface area contributed by atoms with Gasteiger partial charge < -0.3 is 10.2 Å². The molecule has 4 rings (SSSR count). The largest absolute Gasteiger partial charge is 0.341 e. The van der Waals surface area contributed by atoms with E-state index in [0.717, 1.165) is 27.4 Å². The third-order valence-corrected chi connectivity index (χ3v) is 7.10. The van der Waals surface area contributed by atoms with E-state index in [9.17, 15) is 9.59 Å². The van der Waals surface area contributed by atoms with Gasteiger partial charge in [0, 0.05) is 19.3 Å². The van der Waals surface area contributed by atoms with Gasteiger partial charge in [-0.15, -0.1) is 11.3 Å². The SMILES string of the molecule is O=C(Nc1ccc(Cl)cn1)C1CCCN(C(=O)CSc2nc3ccccc3s2)C1. The summed E-state index contributed by atoms with van der Waals surface area (Å²) in [7, 11) is 0. The van der Waals surface area contributed by atoms with Crippen molar-refractivity contribution in [3.05, 3.63) is 47.6 Å². The number of rotatable bonds is 5. The van der Waals surface area contributed by atoms with Crippen molar-refractivity contribution in [1.29, 1.82) is 0 Å². The first kappa shape index (κ1) is 20.1. The number of hydrogen-bond acceptors (Lipinski definition) is 6. The summed E-state index contributed by atoms with van der Waals surface area (Å²) in [6.45, 7) is 1.11. The molecule has 29 heavy (non-hydrogen) atoms. The highest BCUT2D eigenvalue weighted by Gasteiger charge is 2.28. The van der Waals surface area contributed by atoms with Gasteiger partial charge in [0.15, 0.2) is 4.34 Å². The average Bonchev–Trinajstić information content (AvgIpc) is 3.17. The molecule has 0 radical (unpaired) electrons. The lowest BCUT2D eigenvalue weighted by Gasteiger charge is -2.31. The van der Waals surface area contributed by atoms with E-state index in [1.54, 1.807) is 28.4 Å². The molecule has 150 valence electrons. The van der Waals surface area contributed by atoms with E-state index >= 15 is 0 Å². The Balaban J connectivity index is 1.31. The van der Waals surface area contributed by atoms with Crippen LogP contribution in [0.1, 0.15) is 12.8 Å². The van der Waals surface area contributed by atoms with Gasteiger partial charge >= 0.3 is 0 Å². The van der Waals surface area contributed by atoms with Crippen molar-refractivity contribution < 1.29 is 9.59 Å². The van der Waals surface area contributed by atoms with E-state index in [2.05, 4.69) is 15.3 Å². The van der Waals surface area contributed by atoms with E-state index in [0.29, 0.717) is 29.7 Å². The maximum absolute atomic E-state index is 12.7. The number of nitrogens with one attached hydrogen (secondary N) is 1. The zero-order chi connectivity index (χ0) is 20.2. The third kappa shape index (κ3) is 5.07. The monoisotopic (exact) mass is 446 g/mol. The van der Waals surface area contributed by atoms with Gasteiger partial charge in [-0.05, 0) is 37.1 Å². The Hall–Kier alpha value is -2.16. The lowest BCUT2D eigenvalue weighted by atomic mass is 9.97. The summed E-state index contributed by atoms with van der Waals surface area (Å²) in [6, 6.07) is 11.3. The Labute approximate surface area is 181 Å². The molecule has 2 amide bonds. The molecule has 0 bridgehead atoms. The molecule has 0 saturated carbocycles. The lowest BCUT2D eigenvalue weighted by molar-refractivity contribution is -0.132. The maximum atomic E-state index is 12.7. The highest BCUT2D eigenvalue weighted by atomic mass is 35.5. The quantitative estimate of drug-likeness (QED) is 0.591. The van der Waals surface area contributed by atoms with E-state index in [-0.39, 0.29) is 17.7 Å². The number of thioether (sulfide) groups is 1. The Bertz CT molecular complexity index is 992. The van der Waals surface area contributed by atoms with Crippen LogP contribution in [0.25, 0.3) is 10.2 Å². The molecule has 1 aliphatic rings. The first-order chi connectivity index (χ1) is 14.1.